The number of carbonyl (C=O) groups excluding carboxylic acids is 3. The van der Waals surface area contributed by atoms with Crippen molar-refractivity contribution in [2.75, 3.05) is 11.6 Å². The molecule has 2 N–H and O–H groups in total. The first-order valence-corrected chi connectivity index (χ1v) is 8.89. The minimum atomic E-state index is -0.560. The molecule has 9 heteroatoms. The Morgan fingerprint density at radius 1 is 1.33 bits per heavy atom. The van der Waals surface area contributed by atoms with E-state index in [1.165, 1.54) is 18.7 Å². The van der Waals surface area contributed by atoms with Crippen LogP contribution in [0, 0.1) is 0 Å². The lowest BCUT2D eigenvalue weighted by molar-refractivity contribution is -0.119. The van der Waals surface area contributed by atoms with Crippen molar-refractivity contribution in [1.29, 1.82) is 0 Å². The van der Waals surface area contributed by atoms with E-state index in [9.17, 15) is 14.4 Å². The summed E-state index contributed by atoms with van der Waals surface area (Å²) in [6, 6.07) is -0.367. The first kappa shape index (κ1) is 18.2. The number of aromatic nitrogens is 1. The van der Waals surface area contributed by atoms with Crippen molar-refractivity contribution < 1.29 is 19.1 Å². The summed E-state index contributed by atoms with van der Waals surface area (Å²) in [6.45, 7) is 3.25. The van der Waals surface area contributed by atoms with Gasteiger partial charge in [0, 0.05) is 18.3 Å². The van der Waals surface area contributed by atoms with Crippen LogP contribution in [0.1, 0.15) is 56.4 Å². The topological polar surface area (TPSA) is 101 Å². The highest BCUT2D eigenvalue weighted by Crippen LogP contribution is 2.21. The van der Waals surface area contributed by atoms with Gasteiger partial charge in [-0.05, 0) is 19.8 Å². The molecule has 0 aliphatic heterocycles. The van der Waals surface area contributed by atoms with Gasteiger partial charge in [-0.2, -0.15) is 5.01 Å². The second-order valence-electron chi connectivity index (χ2n) is 5.52. The van der Waals surface area contributed by atoms with Gasteiger partial charge in [0.15, 0.2) is 5.69 Å². The third-order valence-corrected chi connectivity index (χ3v) is 4.40. The molecule has 24 heavy (non-hydrogen) atoms. The van der Waals surface area contributed by atoms with Crippen molar-refractivity contribution >= 4 is 34.4 Å². The summed E-state index contributed by atoms with van der Waals surface area (Å²) in [4.78, 5) is 39.7. The van der Waals surface area contributed by atoms with Crippen LogP contribution in [-0.2, 0) is 9.53 Å². The van der Waals surface area contributed by atoms with E-state index in [1.54, 1.807) is 6.92 Å². The fraction of sp³-hybridized carbons (Fsp3) is 0.600. The number of rotatable bonds is 4. The number of carbonyl (C=O) groups is 3. The zero-order valence-corrected chi connectivity index (χ0v) is 14.6. The van der Waals surface area contributed by atoms with E-state index in [2.05, 4.69) is 15.7 Å². The summed E-state index contributed by atoms with van der Waals surface area (Å²) >= 11 is 1.08. The second-order valence-corrected chi connectivity index (χ2v) is 6.36. The van der Waals surface area contributed by atoms with E-state index in [0.717, 1.165) is 42.0 Å². The molecule has 0 aromatic carbocycles. The van der Waals surface area contributed by atoms with E-state index < -0.39 is 17.9 Å². The number of urea groups is 1. The summed E-state index contributed by atoms with van der Waals surface area (Å²) in [5.41, 5.74) is 2.56. The van der Waals surface area contributed by atoms with E-state index in [4.69, 9.17) is 4.74 Å². The standard InChI is InChI=1S/C15H22N4O4S/c1-3-23-13(21)12-9-24-15(17-12)19(18-10(2)20)14(22)16-11-7-5-4-6-8-11/h9,11H,3-8H2,1-2H3,(H,16,22)(H,18,20). The molecule has 0 spiro atoms. The second kappa shape index (κ2) is 8.62. The molecule has 1 aromatic rings. The molecule has 2 rings (SSSR count). The first-order chi connectivity index (χ1) is 11.5. The number of hydrazine groups is 1. The molecule has 1 fully saturated rings. The molecule has 0 atom stereocenters. The van der Waals surface area contributed by atoms with Crippen molar-refractivity contribution in [1.82, 2.24) is 15.7 Å². The smallest absolute Gasteiger partial charge is 0.357 e. The molecule has 1 aromatic heterocycles. The predicted molar refractivity (Wildman–Crippen MR) is 89.8 cm³/mol. The molecule has 0 unspecified atom stereocenters. The predicted octanol–water partition coefficient (Wildman–Crippen LogP) is 2.22. The molecule has 0 radical (unpaired) electrons. The SMILES string of the molecule is CCOC(=O)c1csc(N(NC(C)=O)C(=O)NC2CCCCC2)n1. The highest BCUT2D eigenvalue weighted by molar-refractivity contribution is 7.14. The van der Waals surface area contributed by atoms with Gasteiger partial charge < -0.3 is 10.1 Å². The fourth-order valence-electron chi connectivity index (χ4n) is 2.49. The quantitative estimate of drug-likeness (QED) is 0.638. The van der Waals surface area contributed by atoms with Gasteiger partial charge in [-0.15, -0.1) is 11.3 Å². The Balaban J connectivity index is 2.10. The molecule has 1 heterocycles. The number of nitrogens with zero attached hydrogens (tertiary/aromatic N) is 2. The molecule has 1 aliphatic rings. The molecule has 0 saturated heterocycles. The number of thiazole rings is 1. The monoisotopic (exact) mass is 354 g/mol. The normalized spacial score (nSPS) is 14.8. The fourth-order valence-corrected chi connectivity index (χ4v) is 3.25. The number of anilines is 1. The van der Waals surface area contributed by atoms with Crippen LogP contribution >= 0.6 is 11.3 Å². The van der Waals surface area contributed by atoms with Crippen LogP contribution in [0.4, 0.5) is 9.93 Å². The van der Waals surface area contributed by atoms with Crippen molar-refractivity contribution in [2.45, 2.75) is 52.0 Å². The van der Waals surface area contributed by atoms with Crippen LogP contribution in [0.15, 0.2) is 5.38 Å². The number of ether oxygens (including phenoxy) is 1. The van der Waals surface area contributed by atoms with E-state index >= 15 is 0 Å². The maximum Gasteiger partial charge on any atom is 0.357 e. The highest BCUT2D eigenvalue weighted by Gasteiger charge is 2.25. The summed E-state index contributed by atoms with van der Waals surface area (Å²) in [5, 5.41) is 5.66. The lowest BCUT2D eigenvalue weighted by atomic mass is 9.96. The maximum absolute atomic E-state index is 12.5. The van der Waals surface area contributed by atoms with Crippen LogP contribution in [0.5, 0.6) is 0 Å². The van der Waals surface area contributed by atoms with E-state index in [0.29, 0.717) is 0 Å². The molecule has 1 aliphatic carbocycles. The van der Waals surface area contributed by atoms with Gasteiger partial charge in [0.1, 0.15) is 0 Å². The van der Waals surface area contributed by atoms with Crippen molar-refractivity contribution in [3.8, 4) is 0 Å². The third-order valence-electron chi connectivity index (χ3n) is 3.57. The zero-order valence-electron chi connectivity index (χ0n) is 13.8. The van der Waals surface area contributed by atoms with Crippen LogP contribution in [-0.4, -0.2) is 35.5 Å². The number of esters is 1. The number of amides is 3. The Kier molecular flexibility index (Phi) is 6.53. The lowest BCUT2D eigenvalue weighted by Gasteiger charge is -2.26. The Morgan fingerprint density at radius 3 is 2.67 bits per heavy atom. The van der Waals surface area contributed by atoms with E-state index in [-0.39, 0.29) is 23.5 Å². The van der Waals surface area contributed by atoms with Crippen LogP contribution < -0.4 is 15.8 Å². The van der Waals surface area contributed by atoms with Gasteiger partial charge >= 0.3 is 12.0 Å². The van der Waals surface area contributed by atoms with Gasteiger partial charge in [0.2, 0.25) is 11.0 Å². The highest BCUT2D eigenvalue weighted by atomic mass is 32.1. The molecule has 8 nitrogen and oxygen atoms in total. The number of nitrogens with one attached hydrogen (secondary N) is 2. The Morgan fingerprint density at radius 2 is 2.04 bits per heavy atom. The average molecular weight is 354 g/mol. The Bertz CT molecular complexity index is 598. The van der Waals surface area contributed by atoms with Crippen LogP contribution in [0.2, 0.25) is 0 Å². The largest absolute Gasteiger partial charge is 0.461 e. The van der Waals surface area contributed by atoms with Crippen molar-refractivity contribution in [3.63, 3.8) is 0 Å². The van der Waals surface area contributed by atoms with E-state index in [1.807, 2.05) is 0 Å². The zero-order chi connectivity index (χ0) is 17.5. The number of hydrogen-bond acceptors (Lipinski definition) is 6. The number of hydrogen-bond donors (Lipinski definition) is 2. The van der Waals surface area contributed by atoms with Gasteiger partial charge in [-0.3, -0.25) is 10.2 Å². The Hall–Kier alpha value is -2.16. The molecule has 1 saturated carbocycles. The molecular weight excluding hydrogens is 332 g/mol. The van der Waals surface area contributed by atoms with Gasteiger partial charge in [-0.1, -0.05) is 19.3 Å². The maximum atomic E-state index is 12.5. The van der Waals surface area contributed by atoms with Gasteiger partial charge in [0.05, 0.1) is 6.61 Å². The van der Waals surface area contributed by atoms with Gasteiger partial charge in [0.25, 0.3) is 0 Å². The summed E-state index contributed by atoms with van der Waals surface area (Å²) in [5.74, 6) is -0.961. The molecule has 132 valence electrons. The minimum absolute atomic E-state index is 0.0898. The molecule has 0 bridgehead atoms. The summed E-state index contributed by atoms with van der Waals surface area (Å²) in [7, 11) is 0. The third kappa shape index (κ3) is 4.92. The lowest BCUT2D eigenvalue weighted by Crippen LogP contribution is -2.53. The minimum Gasteiger partial charge on any atom is -0.461 e. The molecular formula is C15H22N4O4S. The summed E-state index contributed by atoms with van der Waals surface area (Å²) in [6.07, 6.45) is 5.18. The Labute approximate surface area is 144 Å². The van der Waals surface area contributed by atoms with Crippen LogP contribution in [0.25, 0.3) is 0 Å². The average Bonchev–Trinajstić information content (AvgIpc) is 3.03. The van der Waals surface area contributed by atoms with Crippen molar-refractivity contribution in [3.05, 3.63) is 11.1 Å². The van der Waals surface area contributed by atoms with Gasteiger partial charge in [-0.25, -0.2) is 14.6 Å². The summed E-state index contributed by atoms with van der Waals surface area (Å²) < 4.78 is 4.88. The van der Waals surface area contributed by atoms with Crippen LogP contribution in [0.3, 0.4) is 0 Å². The van der Waals surface area contributed by atoms with Crippen molar-refractivity contribution in [2.24, 2.45) is 0 Å². The first-order valence-electron chi connectivity index (χ1n) is 8.01. The molecule has 3 amide bonds.